The van der Waals surface area contributed by atoms with Gasteiger partial charge in [-0.15, -0.1) is 10.2 Å². The van der Waals surface area contributed by atoms with Crippen LogP contribution in [0.1, 0.15) is 0 Å². The van der Waals surface area contributed by atoms with E-state index in [0.29, 0.717) is 33.7 Å². The third kappa shape index (κ3) is 4.20. The number of fused-ring (bicyclic) bond motifs is 1. The van der Waals surface area contributed by atoms with E-state index >= 15 is 0 Å². The van der Waals surface area contributed by atoms with Gasteiger partial charge < -0.3 is 14.8 Å². The summed E-state index contributed by atoms with van der Waals surface area (Å²) in [4.78, 5) is 12.4. The monoisotopic (exact) mass is 421 g/mol. The molecule has 8 nitrogen and oxygen atoms in total. The number of anilines is 1. The van der Waals surface area contributed by atoms with E-state index in [-0.39, 0.29) is 11.7 Å². The topological polar surface area (TPSA) is 90.6 Å². The number of rotatable bonds is 7. The fourth-order valence-electron chi connectivity index (χ4n) is 2.84. The maximum atomic E-state index is 12.4. The molecule has 0 saturated carbocycles. The summed E-state index contributed by atoms with van der Waals surface area (Å²) in [6, 6.07) is 18.6. The lowest BCUT2D eigenvalue weighted by Crippen LogP contribution is -2.15. The molecule has 152 valence electrons. The van der Waals surface area contributed by atoms with E-state index < -0.39 is 0 Å². The van der Waals surface area contributed by atoms with Gasteiger partial charge in [0.25, 0.3) is 0 Å². The number of aromatic nitrogens is 4. The molecule has 0 fully saturated rings. The van der Waals surface area contributed by atoms with Crippen molar-refractivity contribution in [2.75, 3.05) is 25.3 Å². The summed E-state index contributed by atoms with van der Waals surface area (Å²) in [7, 11) is 3.12. The molecular formula is C21H19N5O3S. The molecule has 0 unspecified atom stereocenters. The maximum absolute atomic E-state index is 12.4. The first kappa shape index (κ1) is 19.7. The number of carbonyl (C=O) groups is 1. The second-order valence-electron chi connectivity index (χ2n) is 6.23. The number of nitrogens with one attached hydrogen (secondary N) is 1. The van der Waals surface area contributed by atoms with Gasteiger partial charge in [-0.2, -0.15) is 9.61 Å². The lowest BCUT2D eigenvalue weighted by atomic mass is 10.2. The lowest BCUT2D eigenvalue weighted by molar-refractivity contribution is -0.113. The molecule has 30 heavy (non-hydrogen) atoms. The van der Waals surface area contributed by atoms with Crippen LogP contribution in [0.15, 0.2) is 65.7 Å². The van der Waals surface area contributed by atoms with Crippen LogP contribution in [0.5, 0.6) is 11.5 Å². The van der Waals surface area contributed by atoms with Gasteiger partial charge >= 0.3 is 0 Å². The summed E-state index contributed by atoms with van der Waals surface area (Å²) in [5, 5.41) is 16.5. The average molecular weight is 421 g/mol. The highest BCUT2D eigenvalue weighted by molar-refractivity contribution is 7.99. The van der Waals surface area contributed by atoms with Crippen molar-refractivity contribution in [1.29, 1.82) is 0 Å². The third-order valence-corrected chi connectivity index (χ3v) is 5.22. The molecule has 0 saturated heterocycles. The Morgan fingerprint density at radius 2 is 1.87 bits per heavy atom. The Balaban J connectivity index is 1.47. The van der Waals surface area contributed by atoms with Gasteiger partial charge in [0, 0.05) is 11.6 Å². The summed E-state index contributed by atoms with van der Waals surface area (Å²) in [6.07, 6.45) is 0. The van der Waals surface area contributed by atoms with Crippen molar-refractivity contribution >= 4 is 29.0 Å². The lowest BCUT2D eigenvalue weighted by Gasteiger charge is -2.11. The minimum Gasteiger partial charge on any atom is -0.497 e. The Morgan fingerprint density at radius 3 is 2.63 bits per heavy atom. The number of benzene rings is 2. The maximum Gasteiger partial charge on any atom is 0.234 e. The molecule has 4 aromatic rings. The number of hydrogen-bond donors (Lipinski definition) is 1. The van der Waals surface area contributed by atoms with Crippen LogP contribution in [0.2, 0.25) is 0 Å². The van der Waals surface area contributed by atoms with Crippen molar-refractivity contribution in [3.05, 3.63) is 60.7 Å². The molecule has 4 rings (SSSR count). The summed E-state index contributed by atoms with van der Waals surface area (Å²) in [5.74, 6) is 1.86. The fraction of sp³-hybridized carbons (Fsp3) is 0.143. The Bertz CT molecular complexity index is 1180. The van der Waals surface area contributed by atoms with Crippen LogP contribution in [0.4, 0.5) is 5.69 Å². The summed E-state index contributed by atoms with van der Waals surface area (Å²) in [6.45, 7) is 0. The largest absolute Gasteiger partial charge is 0.497 e. The average Bonchev–Trinajstić information content (AvgIpc) is 3.22. The van der Waals surface area contributed by atoms with Gasteiger partial charge in [0.05, 0.1) is 25.7 Å². The van der Waals surface area contributed by atoms with E-state index in [0.717, 1.165) is 5.56 Å². The molecule has 9 heteroatoms. The van der Waals surface area contributed by atoms with E-state index in [1.807, 2.05) is 42.5 Å². The van der Waals surface area contributed by atoms with Crippen LogP contribution < -0.4 is 14.8 Å². The van der Waals surface area contributed by atoms with E-state index in [1.165, 1.54) is 11.8 Å². The van der Waals surface area contributed by atoms with E-state index in [2.05, 4.69) is 20.6 Å². The Labute approximate surface area is 177 Å². The molecule has 0 aliphatic carbocycles. The Hall–Kier alpha value is -3.59. The molecular weight excluding hydrogens is 402 g/mol. The van der Waals surface area contributed by atoms with Gasteiger partial charge in [0.2, 0.25) is 5.91 Å². The minimum atomic E-state index is -0.169. The third-order valence-electron chi connectivity index (χ3n) is 4.30. The second kappa shape index (κ2) is 8.83. The highest BCUT2D eigenvalue weighted by atomic mass is 32.2. The van der Waals surface area contributed by atoms with Crippen molar-refractivity contribution in [3.63, 3.8) is 0 Å². The number of amides is 1. The number of nitrogens with zero attached hydrogens (tertiary/aromatic N) is 4. The van der Waals surface area contributed by atoms with Crippen molar-refractivity contribution in [1.82, 2.24) is 19.8 Å². The Morgan fingerprint density at radius 1 is 1.03 bits per heavy atom. The summed E-state index contributed by atoms with van der Waals surface area (Å²) in [5.41, 5.74) is 2.15. The molecule has 1 amide bonds. The Kier molecular flexibility index (Phi) is 5.80. The molecule has 2 heterocycles. The first-order chi connectivity index (χ1) is 14.7. The van der Waals surface area contributed by atoms with Crippen LogP contribution in [-0.4, -0.2) is 45.7 Å². The van der Waals surface area contributed by atoms with Gasteiger partial charge in [0.15, 0.2) is 11.5 Å². The minimum absolute atomic E-state index is 0.169. The van der Waals surface area contributed by atoms with Gasteiger partial charge in [-0.1, -0.05) is 42.1 Å². The molecule has 0 aliphatic rings. The number of methoxy groups -OCH3 is 2. The van der Waals surface area contributed by atoms with Crippen LogP contribution in [-0.2, 0) is 4.79 Å². The SMILES string of the molecule is COc1ccc(NC(=O)CSc2ccc3nnc(-c4ccccc4)n3n2)c(OC)c1. The molecule has 0 bridgehead atoms. The highest BCUT2D eigenvalue weighted by Gasteiger charge is 2.12. The van der Waals surface area contributed by atoms with Crippen molar-refractivity contribution in [2.24, 2.45) is 0 Å². The standard InChI is InChI=1S/C21H19N5O3S/c1-28-15-8-9-16(17(12-15)29-2)22-19(27)13-30-20-11-10-18-23-24-21(26(18)25-20)14-6-4-3-5-7-14/h3-12H,13H2,1-2H3,(H,22,27). The van der Waals surface area contributed by atoms with E-state index in [4.69, 9.17) is 9.47 Å². The molecule has 1 N–H and O–H groups in total. The number of ether oxygens (including phenoxy) is 2. The smallest absolute Gasteiger partial charge is 0.234 e. The summed E-state index contributed by atoms with van der Waals surface area (Å²) >= 11 is 1.33. The quantitative estimate of drug-likeness (QED) is 0.457. The van der Waals surface area contributed by atoms with Crippen molar-refractivity contribution in [3.8, 4) is 22.9 Å². The van der Waals surface area contributed by atoms with Gasteiger partial charge in [-0.25, -0.2) is 0 Å². The molecule has 2 aromatic heterocycles. The normalized spacial score (nSPS) is 10.7. The predicted molar refractivity (Wildman–Crippen MR) is 115 cm³/mol. The predicted octanol–water partition coefficient (Wildman–Crippen LogP) is 3.54. The molecule has 0 aliphatic heterocycles. The van der Waals surface area contributed by atoms with Crippen LogP contribution in [0.3, 0.4) is 0 Å². The van der Waals surface area contributed by atoms with Crippen molar-refractivity contribution < 1.29 is 14.3 Å². The van der Waals surface area contributed by atoms with Gasteiger partial charge in [-0.05, 0) is 24.3 Å². The molecule has 2 aromatic carbocycles. The highest BCUT2D eigenvalue weighted by Crippen LogP contribution is 2.29. The van der Waals surface area contributed by atoms with Crippen molar-refractivity contribution in [2.45, 2.75) is 5.03 Å². The molecule has 0 spiro atoms. The number of thioether (sulfide) groups is 1. The van der Waals surface area contributed by atoms with Crippen LogP contribution in [0.25, 0.3) is 17.0 Å². The van der Waals surface area contributed by atoms with Crippen LogP contribution in [0, 0.1) is 0 Å². The fourth-order valence-corrected chi connectivity index (χ4v) is 3.50. The van der Waals surface area contributed by atoms with Gasteiger partial charge in [0.1, 0.15) is 16.5 Å². The van der Waals surface area contributed by atoms with Crippen LogP contribution >= 0.6 is 11.8 Å². The molecule has 0 atom stereocenters. The first-order valence-corrected chi connectivity index (χ1v) is 10.1. The zero-order valence-electron chi connectivity index (χ0n) is 16.4. The van der Waals surface area contributed by atoms with E-state index in [1.54, 1.807) is 36.9 Å². The number of hydrogen-bond acceptors (Lipinski definition) is 7. The summed E-state index contributed by atoms with van der Waals surface area (Å²) < 4.78 is 12.2. The second-order valence-corrected chi connectivity index (χ2v) is 7.23. The zero-order valence-corrected chi connectivity index (χ0v) is 17.2. The zero-order chi connectivity index (χ0) is 20.9. The molecule has 0 radical (unpaired) electrons. The van der Waals surface area contributed by atoms with E-state index in [9.17, 15) is 4.79 Å². The first-order valence-electron chi connectivity index (χ1n) is 9.10. The van der Waals surface area contributed by atoms with Gasteiger partial charge in [-0.3, -0.25) is 4.79 Å². The number of carbonyl (C=O) groups excluding carboxylic acids is 1.